The Morgan fingerprint density at radius 2 is 2.56 bits per heavy atom. The molecule has 1 aromatic heterocycles. The number of aliphatic hydroxyl groups is 1. The standard InChI is InChI=1S/C6H8O3/c7-5-8-4-6-2-1-3-9-6/h1-3,7H,4-5H2. The molecule has 0 aliphatic rings. The molecule has 1 rings (SSSR count). The first kappa shape index (κ1) is 6.32. The molecule has 1 aromatic rings. The summed E-state index contributed by atoms with van der Waals surface area (Å²) >= 11 is 0. The highest BCUT2D eigenvalue weighted by Crippen LogP contribution is 2.00. The minimum atomic E-state index is -0.263. The Morgan fingerprint density at radius 1 is 1.67 bits per heavy atom. The summed E-state index contributed by atoms with van der Waals surface area (Å²) in [6.45, 7) is 0.0736. The number of rotatable bonds is 3. The van der Waals surface area contributed by atoms with Gasteiger partial charge >= 0.3 is 0 Å². The summed E-state index contributed by atoms with van der Waals surface area (Å²) in [5.74, 6) is 0.726. The van der Waals surface area contributed by atoms with Gasteiger partial charge in [-0.15, -0.1) is 0 Å². The summed E-state index contributed by atoms with van der Waals surface area (Å²) in [5.41, 5.74) is 0. The Hall–Kier alpha value is -0.800. The maximum atomic E-state index is 8.20. The fourth-order valence-electron chi connectivity index (χ4n) is 0.541. The third-order valence-corrected chi connectivity index (χ3v) is 0.916. The van der Waals surface area contributed by atoms with E-state index in [4.69, 9.17) is 9.52 Å². The van der Waals surface area contributed by atoms with Crippen LogP contribution in [0, 0.1) is 0 Å². The summed E-state index contributed by atoms with van der Waals surface area (Å²) in [6, 6.07) is 3.56. The second kappa shape index (κ2) is 3.27. The zero-order valence-electron chi connectivity index (χ0n) is 4.91. The number of aliphatic hydroxyl groups excluding tert-OH is 1. The Morgan fingerprint density at radius 3 is 3.11 bits per heavy atom. The summed E-state index contributed by atoms with van der Waals surface area (Å²) in [6.07, 6.45) is 1.57. The first-order valence-corrected chi connectivity index (χ1v) is 2.64. The van der Waals surface area contributed by atoms with Crippen LogP contribution >= 0.6 is 0 Å². The van der Waals surface area contributed by atoms with Crippen molar-refractivity contribution in [3.05, 3.63) is 24.2 Å². The monoisotopic (exact) mass is 128 g/mol. The molecule has 50 valence electrons. The number of furan rings is 1. The van der Waals surface area contributed by atoms with Crippen molar-refractivity contribution < 1.29 is 14.3 Å². The maximum absolute atomic E-state index is 8.20. The molecule has 0 amide bonds. The van der Waals surface area contributed by atoms with Crippen molar-refractivity contribution in [2.75, 3.05) is 6.79 Å². The van der Waals surface area contributed by atoms with Crippen LogP contribution in [0.3, 0.4) is 0 Å². The van der Waals surface area contributed by atoms with Crippen molar-refractivity contribution >= 4 is 0 Å². The highest BCUT2D eigenvalue weighted by Gasteiger charge is 1.91. The van der Waals surface area contributed by atoms with Crippen molar-refractivity contribution in [2.24, 2.45) is 0 Å². The maximum Gasteiger partial charge on any atom is 0.144 e. The van der Waals surface area contributed by atoms with Crippen LogP contribution in [0.15, 0.2) is 22.8 Å². The predicted molar refractivity (Wildman–Crippen MR) is 30.6 cm³/mol. The van der Waals surface area contributed by atoms with Gasteiger partial charge in [0.25, 0.3) is 0 Å². The molecule has 3 nitrogen and oxygen atoms in total. The first-order valence-electron chi connectivity index (χ1n) is 2.64. The van der Waals surface area contributed by atoms with Crippen LogP contribution in [0.1, 0.15) is 5.76 Å². The van der Waals surface area contributed by atoms with Crippen LogP contribution in [-0.2, 0) is 11.3 Å². The van der Waals surface area contributed by atoms with E-state index in [-0.39, 0.29) is 6.79 Å². The van der Waals surface area contributed by atoms with E-state index >= 15 is 0 Å². The number of hydrogen-bond donors (Lipinski definition) is 1. The second-order valence-corrected chi connectivity index (χ2v) is 1.56. The van der Waals surface area contributed by atoms with Crippen LogP contribution in [0.25, 0.3) is 0 Å². The zero-order chi connectivity index (χ0) is 6.53. The molecule has 0 aromatic carbocycles. The third kappa shape index (κ3) is 1.87. The molecule has 0 spiro atoms. The molecule has 0 atom stereocenters. The number of ether oxygens (including phenoxy) is 1. The van der Waals surface area contributed by atoms with Crippen LogP contribution in [0.5, 0.6) is 0 Å². The van der Waals surface area contributed by atoms with Gasteiger partial charge in [0, 0.05) is 0 Å². The highest BCUT2D eigenvalue weighted by atomic mass is 16.6. The van der Waals surface area contributed by atoms with E-state index in [1.807, 2.05) is 0 Å². The van der Waals surface area contributed by atoms with Crippen LogP contribution in [0.2, 0.25) is 0 Å². The summed E-state index contributed by atoms with van der Waals surface area (Å²) in [7, 11) is 0. The van der Waals surface area contributed by atoms with E-state index in [9.17, 15) is 0 Å². The molecule has 0 unspecified atom stereocenters. The van der Waals surface area contributed by atoms with E-state index in [0.717, 1.165) is 5.76 Å². The van der Waals surface area contributed by atoms with Crippen molar-refractivity contribution in [1.82, 2.24) is 0 Å². The third-order valence-electron chi connectivity index (χ3n) is 0.916. The Labute approximate surface area is 52.9 Å². The van der Waals surface area contributed by atoms with Gasteiger partial charge in [-0.1, -0.05) is 0 Å². The summed E-state index contributed by atoms with van der Waals surface area (Å²) in [5, 5.41) is 8.20. The van der Waals surface area contributed by atoms with Crippen LogP contribution in [-0.4, -0.2) is 11.9 Å². The first-order chi connectivity index (χ1) is 4.43. The molecule has 0 aliphatic carbocycles. The van der Waals surface area contributed by atoms with Gasteiger partial charge in [0.2, 0.25) is 0 Å². The van der Waals surface area contributed by atoms with E-state index in [1.54, 1.807) is 18.4 Å². The van der Waals surface area contributed by atoms with Crippen LogP contribution in [0.4, 0.5) is 0 Å². The normalized spacial score (nSPS) is 9.89. The van der Waals surface area contributed by atoms with E-state index < -0.39 is 0 Å². The minimum Gasteiger partial charge on any atom is -0.467 e. The molecule has 1 N–H and O–H groups in total. The quantitative estimate of drug-likeness (QED) is 0.610. The predicted octanol–water partition coefficient (Wildman–Crippen LogP) is 0.746. The molecule has 3 heteroatoms. The number of hydrogen-bond acceptors (Lipinski definition) is 3. The average Bonchev–Trinajstić information content (AvgIpc) is 2.34. The molecule has 0 bridgehead atoms. The minimum absolute atomic E-state index is 0.263. The van der Waals surface area contributed by atoms with E-state index in [1.165, 1.54) is 0 Å². The van der Waals surface area contributed by atoms with Crippen molar-refractivity contribution in [2.45, 2.75) is 6.61 Å². The van der Waals surface area contributed by atoms with Gasteiger partial charge in [0.15, 0.2) is 0 Å². The Balaban J connectivity index is 2.30. The lowest BCUT2D eigenvalue weighted by molar-refractivity contribution is -0.0175. The average molecular weight is 128 g/mol. The van der Waals surface area contributed by atoms with Gasteiger partial charge in [-0.25, -0.2) is 0 Å². The van der Waals surface area contributed by atoms with Crippen molar-refractivity contribution in [3.63, 3.8) is 0 Å². The van der Waals surface area contributed by atoms with E-state index in [0.29, 0.717) is 6.61 Å². The largest absolute Gasteiger partial charge is 0.467 e. The molecule has 0 aliphatic heterocycles. The molecule has 0 saturated carbocycles. The van der Waals surface area contributed by atoms with Gasteiger partial charge < -0.3 is 14.3 Å². The fourth-order valence-corrected chi connectivity index (χ4v) is 0.541. The topological polar surface area (TPSA) is 42.6 Å². The Kier molecular flexibility index (Phi) is 2.30. The van der Waals surface area contributed by atoms with Gasteiger partial charge in [0.05, 0.1) is 6.26 Å². The molecule has 0 fully saturated rings. The molecule has 0 saturated heterocycles. The fraction of sp³-hybridized carbons (Fsp3) is 0.333. The molecule has 1 heterocycles. The van der Waals surface area contributed by atoms with Gasteiger partial charge in [-0.2, -0.15) is 0 Å². The molecular formula is C6H8O3. The molecular weight excluding hydrogens is 120 g/mol. The van der Waals surface area contributed by atoms with Crippen LogP contribution < -0.4 is 0 Å². The van der Waals surface area contributed by atoms with Crippen molar-refractivity contribution in [3.8, 4) is 0 Å². The lowest BCUT2D eigenvalue weighted by Gasteiger charge is -1.93. The molecule has 0 radical (unpaired) electrons. The second-order valence-electron chi connectivity index (χ2n) is 1.56. The van der Waals surface area contributed by atoms with Gasteiger partial charge in [-0.05, 0) is 12.1 Å². The Bertz CT molecular complexity index is 145. The zero-order valence-corrected chi connectivity index (χ0v) is 4.91. The van der Waals surface area contributed by atoms with Gasteiger partial charge in [-0.3, -0.25) is 0 Å². The smallest absolute Gasteiger partial charge is 0.144 e. The summed E-state index contributed by atoms with van der Waals surface area (Å²) < 4.78 is 9.54. The van der Waals surface area contributed by atoms with Gasteiger partial charge in [0.1, 0.15) is 19.2 Å². The van der Waals surface area contributed by atoms with E-state index in [2.05, 4.69) is 4.74 Å². The lowest BCUT2D eigenvalue weighted by Crippen LogP contribution is -1.91. The summed E-state index contributed by atoms with van der Waals surface area (Å²) in [4.78, 5) is 0. The SMILES string of the molecule is OCOCc1ccco1. The highest BCUT2D eigenvalue weighted by molar-refractivity contribution is 4.95. The lowest BCUT2D eigenvalue weighted by atomic mass is 10.5. The van der Waals surface area contributed by atoms with Crippen molar-refractivity contribution in [1.29, 1.82) is 0 Å². The molecule has 9 heavy (non-hydrogen) atoms.